The number of fused-ring (bicyclic) bond motifs is 1. The summed E-state index contributed by atoms with van der Waals surface area (Å²) in [4.78, 5) is 26.0. The number of hydrogen-bond acceptors (Lipinski definition) is 5. The molecule has 5 heteroatoms. The van der Waals surface area contributed by atoms with Crippen LogP contribution in [0, 0.1) is 0 Å². The second-order valence-corrected chi connectivity index (χ2v) is 6.73. The Kier molecular flexibility index (Phi) is 6.24. The quantitative estimate of drug-likeness (QED) is 0.746. The third-order valence-corrected chi connectivity index (χ3v) is 5.02. The molecule has 0 bridgehead atoms. The van der Waals surface area contributed by atoms with Crippen LogP contribution in [0.5, 0.6) is 5.75 Å². The van der Waals surface area contributed by atoms with Gasteiger partial charge < -0.3 is 9.79 Å². The lowest BCUT2D eigenvalue weighted by Gasteiger charge is -2.36. The van der Waals surface area contributed by atoms with Crippen molar-refractivity contribution in [3.8, 4) is 5.75 Å². The Hall–Kier alpha value is -1.43. The Morgan fingerprint density at radius 2 is 2.08 bits per heavy atom. The number of carbonyl (C=O) groups excluding carboxylic acids is 1. The van der Waals surface area contributed by atoms with Crippen molar-refractivity contribution in [2.24, 2.45) is 0 Å². The van der Waals surface area contributed by atoms with Crippen LogP contribution >= 0.6 is 0 Å². The van der Waals surface area contributed by atoms with Crippen molar-refractivity contribution in [2.45, 2.75) is 38.6 Å². The van der Waals surface area contributed by atoms with Gasteiger partial charge in [-0.2, -0.15) is 4.89 Å². The molecule has 0 N–H and O–H groups in total. The minimum Gasteiger partial charge on any atom is -0.337 e. The molecule has 2 aliphatic heterocycles. The molecular formula is C19H27N2O3. The average Bonchev–Trinajstić information content (AvgIpc) is 2.86. The van der Waals surface area contributed by atoms with E-state index in [1.807, 2.05) is 6.92 Å². The van der Waals surface area contributed by atoms with Crippen LogP contribution < -0.4 is 4.89 Å². The fourth-order valence-electron chi connectivity index (χ4n) is 3.42. The van der Waals surface area contributed by atoms with E-state index in [4.69, 9.17) is 9.78 Å². The second kappa shape index (κ2) is 8.60. The van der Waals surface area contributed by atoms with Crippen molar-refractivity contribution in [3.63, 3.8) is 0 Å². The van der Waals surface area contributed by atoms with E-state index in [9.17, 15) is 4.79 Å². The maximum atomic E-state index is 10.7. The van der Waals surface area contributed by atoms with E-state index >= 15 is 0 Å². The van der Waals surface area contributed by atoms with Crippen molar-refractivity contribution in [1.82, 2.24) is 9.80 Å². The molecule has 1 aromatic carbocycles. The minimum atomic E-state index is -0.0751. The van der Waals surface area contributed by atoms with Crippen LogP contribution in [0.1, 0.15) is 30.9 Å². The number of benzene rings is 1. The van der Waals surface area contributed by atoms with Gasteiger partial charge in [-0.15, -0.1) is 0 Å². The molecule has 3 rings (SSSR count). The van der Waals surface area contributed by atoms with Gasteiger partial charge in [-0.3, -0.25) is 9.69 Å². The Bertz CT molecular complexity index is 541. The zero-order chi connectivity index (χ0) is 16.8. The summed E-state index contributed by atoms with van der Waals surface area (Å²) in [6.45, 7) is 7.67. The number of hydrogen-bond donors (Lipinski definition) is 0. The first kappa shape index (κ1) is 17.4. The molecule has 2 aliphatic rings. The van der Waals surface area contributed by atoms with Crippen molar-refractivity contribution in [1.29, 1.82) is 0 Å². The van der Waals surface area contributed by atoms with E-state index in [-0.39, 0.29) is 6.04 Å². The summed E-state index contributed by atoms with van der Waals surface area (Å²) in [5.74, 6) is 0.887. The van der Waals surface area contributed by atoms with Gasteiger partial charge in [0.05, 0.1) is 12.6 Å². The van der Waals surface area contributed by atoms with Gasteiger partial charge in [-0.25, -0.2) is 0 Å². The highest BCUT2D eigenvalue weighted by molar-refractivity contribution is 5.57. The molecule has 5 nitrogen and oxygen atoms in total. The predicted octanol–water partition coefficient (Wildman–Crippen LogP) is 1.99. The largest absolute Gasteiger partial charge is 0.337 e. The zero-order valence-corrected chi connectivity index (χ0v) is 14.5. The van der Waals surface area contributed by atoms with Crippen molar-refractivity contribution in [3.05, 3.63) is 29.3 Å². The van der Waals surface area contributed by atoms with Crippen molar-refractivity contribution < 1.29 is 14.6 Å². The maximum absolute atomic E-state index is 10.7. The van der Waals surface area contributed by atoms with E-state index < -0.39 is 0 Å². The molecule has 2 heterocycles. The maximum Gasteiger partial charge on any atom is 0.216 e. The highest BCUT2D eigenvalue weighted by Crippen LogP contribution is 2.25. The molecule has 0 saturated carbocycles. The molecule has 1 aromatic rings. The molecule has 1 unspecified atom stereocenters. The number of aryl methyl sites for hydroxylation is 2. The Morgan fingerprint density at radius 3 is 2.88 bits per heavy atom. The van der Waals surface area contributed by atoms with Crippen LogP contribution in [0.3, 0.4) is 0 Å². The summed E-state index contributed by atoms with van der Waals surface area (Å²) in [5, 5.41) is 0. The van der Waals surface area contributed by atoms with Crippen molar-refractivity contribution in [2.75, 3.05) is 39.3 Å². The Balaban J connectivity index is 1.42. The summed E-state index contributed by atoms with van der Waals surface area (Å²) in [7, 11) is 0. The molecule has 1 atom stereocenters. The lowest BCUT2D eigenvalue weighted by atomic mass is 10.0. The summed E-state index contributed by atoms with van der Waals surface area (Å²) in [6.07, 6.45) is 6.30. The van der Waals surface area contributed by atoms with Gasteiger partial charge in [0.2, 0.25) is 6.29 Å². The summed E-state index contributed by atoms with van der Waals surface area (Å²) in [5.41, 5.74) is 2.55. The molecule has 1 fully saturated rings. The van der Waals surface area contributed by atoms with Gasteiger partial charge in [0.15, 0.2) is 5.75 Å². The normalized spacial score (nSPS) is 20.7. The van der Waals surface area contributed by atoms with Crippen LogP contribution in [-0.2, 0) is 22.5 Å². The molecule has 0 aliphatic carbocycles. The molecule has 0 spiro atoms. The second-order valence-electron chi connectivity index (χ2n) is 6.73. The monoisotopic (exact) mass is 331 g/mol. The zero-order valence-electron chi connectivity index (χ0n) is 14.5. The molecule has 0 aromatic heterocycles. The Morgan fingerprint density at radius 1 is 1.25 bits per heavy atom. The number of rotatable bonds is 6. The fourth-order valence-corrected chi connectivity index (χ4v) is 3.42. The molecule has 1 saturated heterocycles. The van der Waals surface area contributed by atoms with E-state index in [1.54, 1.807) is 0 Å². The summed E-state index contributed by atoms with van der Waals surface area (Å²) < 4.78 is 0. The molecular weight excluding hydrogens is 304 g/mol. The summed E-state index contributed by atoms with van der Waals surface area (Å²) in [6, 6.07) is 6.44. The fraction of sp³-hybridized carbons (Fsp3) is 0.632. The predicted molar refractivity (Wildman–Crippen MR) is 92.8 cm³/mol. The van der Waals surface area contributed by atoms with Crippen LogP contribution in [-0.4, -0.2) is 61.5 Å². The lowest BCUT2D eigenvalue weighted by molar-refractivity contribution is -0.203. The number of nitrogens with zero attached hydrogens (tertiary/aromatic N) is 2. The highest BCUT2D eigenvalue weighted by atomic mass is 17.2. The van der Waals surface area contributed by atoms with E-state index in [1.165, 1.54) is 11.1 Å². The SMILES string of the molecule is CC([C]=O)N1CCN(CCCc2ccc3c(c2)OOCCC3)CC1. The number of piperazine rings is 1. The molecule has 24 heavy (non-hydrogen) atoms. The van der Waals surface area contributed by atoms with Crippen LogP contribution in [0.15, 0.2) is 18.2 Å². The highest BCUT2D eigenvalue weighted by Gasteiger charge is 2.20. The van der Waals surface area contributed by atoms with Gasteiger partial charge in [0.25, 0.3) is 0 Å². The van der Waals surface area contributed by atoms with Gasteiger partial charge in [0.1, 0.15) is 0 Å². The molecule has 0 amide bonds. The lowest BCUT2D eigenvalue weighted by Crippen LogP contribution is -2.50. The van der Waals surface area contributed by atoms with Gasteiger partial charge >= 0.3 is 0 Å². The van der Waals surface area contributed by atoms with Gasteiger partial charge in [-0.05, 0) is 56.3 Å². The van der Waals surface area contributed by atoms with Gasteiger partial charge in [-0.1, -0.05) is 12.1 Å². The molecule has 131 valence electrons. The van der Waals surface area contributed by atoms with Crippen LogP contribution in [0.4, 0.5) is 0 Å². The summed E-state index contributed by atoms with van der Waals surface area (Å²) >= 11 is 0. The first-order chi connectivity index (χ1) is 11.8. The Labute approximate surface area is 144 Å². The average molecular weight is 331 g/mol. The smallest absolute Gasteiger partial charge is 0.216 e. The van der Waals surface area contributed by atoms with Crippen LogP contribution in [0.2, 0.25) is 0 Å². The topological polar surface area (TPSA) is 42.0 Å². The van der Waals surface area contributed by atoms with E-state index in [0.717, 1.165) is 64.2 Å². The first-order valence-corrected chi connectivity index (χ1v) is 9.01. The van der Waals surface area contributed by atoms with Gasteiger partial charge in [0, 0.05) is 26.2 Å². The standard InChI is InChI=1S/C19H27N2O3/c1-16(15-22)21-11-9-20(10-12-21)8-2-4-17-6-7-18-5-3-13-23-24-19(18)14-17/h6-7,14,16H,2-5,8-13H2,1H3. The van der Waals surface area contributed by atoms with E-state index in [2.05, 4.69) is 34.3 Å². The minimum absolute atomic E-state index is 0.0751. The third kappa shape index (κ3) is 4.56. The molecule has 1 radical (unpaired) electrons. The van der Waals surface area contributed by atoms with Crippen LogP contribution in [0.25, 0.3) is 0 Å². The first-order valence-electron chi connectivity index (χ1n) is 9.01. The third-order valence-electron chi connectivity index (χ3n) is 5.02. The van der Waals surface area contributed by atoms with E-state index in [0.29, 0.717) is 6.61 Å². The van der Waals surface area contributed by atoms with Crippen molar-refractivity contribution >= 4 is 6.29 Å².